The Morgan fingerprint density at radius 2 is 2.06 bits per heavy atom. The van der Waals surface area contributed by atoms with Crippen molar-refractivity contribution < 1.29 is 4.79 Å². The molecule has 1 fully saturated rings. The standard InChI is InChI=1S/C13H16BrNO/c1-10-3-2-4-11(9-10)13(16)15-7-5-12(14)6-8-15/h2-4,9,12H,5-8H2,1H3. The van der Waals surface area contributed by atoms with Crippen molar-refractivity contribution in [2.24, 2.45) is 0 Å². The molecule has 1 heterocycles. The van der Waals surface area contributed by atoms with Gasteiger partial charge in [-0.2, -0.15) is 0 Å². The van der Waals surface area contributed by atoms with Gasteiger partial charge in [0.1, 0.15) is 0 Å². The van der Waals surface area contributed by atoms with Crippen molar-refractivity contribution in [1.29, 1.82) is 0 Å². The van der Waals surface area contributed by atoms with E-state index in [4.69, 9.17) is 0 Å². The van der Waals surface area contributed by atoms with Gasteiger partial charge < -0.3 is 4.90 Å². The van der Waals surface area contributed by atoms with E-state index < -0.39 is 0 Å². The van der Waals surface area contributed by atoms with Crippen LogP contribution in [0.4, 0.5) is 0 Å². The van der Waals surface area contributed by atoms with Crippen molar-refractivity contribution in [3.8, 4) is 0 Å². The Labute approximate surface area is 105 Å². The summed E-state index contributed by atoms with van der Waals surface area (Å²) in [6, 6.07) is 7.82. The Morgan fingerprint density at radius 3 is 2.69 bits per heavy atom. The highest BCUT2D eigenvalue weighted by molar-refractivity contribution is 9.09. The normalized spacial score (nSPS) is 17.5. The number of hydrogen-bond acceptors (Lipinski definition) is 1. The molecule has 1 aliphatic heterocycles. The molecular weight excluding hydrogens is 266 g/mol. The van der Waals surface area contributed by atoms with E-state index in [1.165, 1.54) is 0 Å². The summed E-state index contributed by atoms with van der Waals surface area (Å²) in [7, 11) is 0. The van der Waals surface area contributed by atoms with Gasteiger partial charge in [-0.05, 0) is 31.9 Å². The molecule has 0 aliphatic carbocycles. The molecule has 1 aliphatic rings. The molecule has 0 radical (unpaired) electrons. The van der Waals surface area contributed by atoms with Crippen LogP contribution >= 0.6 is 15.9 Å². The molecule has 3 heteroatoms. The number of alkyl halides is 1. The van der Waals surface area contributed by atoms with Gasteiger partial charge in [-0.3, -0.25) is 4.79 Å². The monoisotopic (exact) mass is 281 g/mol. The Balaban J connectivity index is 2.08. The number of aryl methyl sites for hydroxylation is 1. The molecule has 16 heavy (non-hydrogen) atoms. The van der Waals surface area contributed by atoms with Gasteiger partial charge in [-0.25, -0.2) is 0 Å². The number of piperidine rings is 1. The second-order valence-corrected chi connectivity index (χ2v) is 5.63. The Hall–Kier alpha value is -0.830. The van der Waals surface area contributed by atoms with Gasteiger partial charge in [-0.15, -0.1) is 0 Å². The number of carbonyl (C=O) groups excluding carboxylic acids is 1. The number of likely N-dealkylation sites (tertiary alicyclic amines) is 1. The zero-order valence-electron chi connectivity index (χ0n) is 9.45. The molecule has 1 aromatic carbocycles. The molecule has 0 unspecified atom stereocenters. The third-order valence-corrected chi connectivity index (χ3v) is 3.89. The smallest absolute Gasteiger partial charge is 0.253 e. The zero-order chi connectivity index (χ0) is 11.5. The number of benzene rings is 1. The van der Waals surface area contributed by atoms with E-state index >= 15 is 0 Å². The van der Waals surface area contributed by atoms with Crippen LogP contribution in [0.1, 0.15) is 28.8 Å². The first kappa shape index (κ1) is 11.6. The number of carbonyl (C=O) groups is 1. The van der Waals surface area contributed by atoms with Gasteiger partial charge in [0, 0.05) is 23.5 Å². The first-order chi connectivity index (χ1) is 7.66. The molecule has 0 N–H and O–H groups in total. The highest BCUT2D eigenvalue weighted by Gasteiger charge is 2.21. The molecule has 1 aromatic rings. The topological polar surface area (TPSA) is 20.3 Å². The third kappa shape index (κ3) is 2.64. The fourth-order valence-corrected chi connectivity index (χ4v) is 2.42. The maximum absolute atomic E-state index is 12.2. The SMILES string of the molecule is Cc1cccc(C(=O)N2CCC(Br)CC2)c1. The molecule has 0 spiro atoms. The second kappa shape index (κ2) is 5.00. The summed E-state index contributed by atoms with van der Waals surface area (Å²) in [5, 5.41) is 0. The van der Waals surface area contributed by atoms with E-state index in [1.54, 1.807) is 0 Å². The lowest BCUT2D eigenvalue weighted by molar-refractivity contribution is 0.0728. The van der Waals surface area contributed by atoms with Gasteiger partial charge in [0.05, 0.1) is 0 Å². The summed E-state index contributed by atoms with van der Waals surface area (Å²) in [4.78, 5) is 14.7. The summed E-state index contributed by atoms with van der Waals surface area (Å²) >= 11 is 3.59. The maximum atomic E-state index is 12.2. The van der Waals surface area contributed by atoms with Crippen molar-refractivity contribution in [2.75, 3.05) is 13.1 Å². The van der Waals surface area contributed by atoms with Crippen LogP contribution in [0, 0.1) is 6.92 Å². The molecule has 1 saturated heterocycles. The number of nitrogens with zero attached hydrogens (tertiary/aromatic N) is 1. The van der Waals surface area contributed by atoms with Crippen molar-refractivity contribution in [2.45, 2.75) is 24.6 Å². The Morgan fingerprint density at radius 1 is 1.38 bits per heavy atom. The molecule has 86 valence electrons. The Bertz CT molecular complexity index is 383. The summed E-state index contributed by atoms with van der Waals surface area (Å²) in [5.41, 5.74) is 1.95. The molecule has 0 bridgehead atoms. The van der Waals surface area contributed by atoms with E-state index in [0.29, 0.717) is 4.83 Å². The third-order valence-electron chi connectivity index (χ3n) is 2.98. The number of halogens is 1. The number of amides is 1. The summed E-state index contributed by atoms with van der Waals surface area (Å²) < 4.78 is 0. The first-order valence-corrected chi connectivity index (χ1v) is 6.58. The van der Waals surface area contributed by atoms with E-state index in [2.05, 4.69) is 15.9 Å². The summed E-state index contributed by atoms with van der Waals surface area (Å²) in [5.74, 6) is 0.170. The van der Waals surface area contributed by atoms with Crippen LogP contribution in [0.25, 0.3) is 0 Å². The van der Waals surface area contributed by atoms with Crippen LogP contribution in [0.5, 0.6) is 0 Å². The largest absolute Gasteiger partial charge is 0.339 e. The minimum absolute atomic E-state index is 0.170. The average Bonchev–Trinajstić information content (AvgIpc) is 2.29. The fourth-order valence-electron chi connectivity index (χ4n) is 2.01. The predicted octanol–water partition coefficient (Wildman–Crippen LogP) is 2.99. The predicted molar refractivity (Wildman–Crippen MR) is 69.0 cm³/mol. The van der Waals surface area contributed by atoms with Crippen molar-refractivity contribution in [3.05, 3.63) is 35.4 Å². The van der Waals surface area contributed by atoms with Crippen molar-refractivity contribution >= 4 is 21.8 Å². The maximum Gasteiger partial charge on any atom is 0.253 e. The van der Waals surface area contributed by atoms with Crippen LogP contribution in [0.2, 0.25) is 0 Å². The summed E-state index contributed by atoms with van der Waals surface area (Å²) in [6.07, 6.45) is 2.11. The van der Waals surface area contributed by atoms with Crippen molar-refractivity contribution in [3.63, 3.8) is 0 Å². The fraction of sp³-hybridized carbons (Fsp3) is 0.462. The van der Waals surface area contributed by atoms with Gasteiger partial charge in [0.25, 0.3) is 5.91 Å². The molecule has 0 atom stereocenters. The van der Waals surface area contributed by atoms with Crippen LogP contribution in [0.3, 0.4) is 0 Å². The van der Waals surface area contributed by atoms with Crippen LogP contribution in [-0.4, -0.2) is 28.7 Å². The first-order valence-electron chi connectivity index (χ1n) is 5.67. The number of rotatable bonds is 1. The van der Waals surface area contributed by atoms with Crippen molar-refractivity contribution in [1.82, 2.24) is 4.90 Å². The minimum Gasteiger partial charge on any atom is -0.339 e. The van der Waals surface area contributed by atoms with Gasteiger partial charge in [0.15, 0.2) is 0 Å². The quantitative estimate of drug-likeness (QED) is 0.725. The van der Waals surface area contributed by atoms with Gasteiger partial charge in [0.2, 0.25) is 0 Å². The molecule has 0 aromatic heterocycles. The average molecular weight is 282 g/mol. The second-order valence-electron chi connectivity index (χ2n) is 4.34. The lowest BCUT2D eigenvalue weighted by Crippen LogP contribution is -2.38. The molecule has 0 saturated carbocycles. The van der Waals surface area contributed by atoms with E-state index in [-0.39, 0.29) is 5.91 Å². The highest BCUT2D eigenvalue weighted by Crippen LogP contribution is 2.19. The number of hydrogen-bond donors (Lipinski definition) is 0. The molecule has 2 rings (SSSR count). The van der Waals surface area contributed by atoms with Gasteiger partial charge in [-0.1, -0.05) is 33.6 Å². The van der Waals surface area contributed by atoms with Crippen LogP contribution in [0.15, 0.2) is 24.3 Å². The van der Waals surface area contributed by atoms with E-state index in [1.807, 2.05) is 36.1 Å². The zero-order valence-corrected chi connectivity index (χ0v) is 11.0. The molecule has 1 amide bonds. The van der Waals surface area contributed by atoms with Crippen LogP contribution in [-0.2, 0) is 0 Å². The Kier molecular flexibility index (Phi) is 3.64. The van der Waals surface area contributed by atoms with E-state index in [9.17, 15) is 4.79 Å². The molecule has 2 nitrogen and oxygen atoms in total. The van der Waals surface area contributed by atoms with Gasteiger partial charge >= 0.3 is 0 Å². The summed E-state index contributed by atoms with van der Waals surface area (Å²) in [6.45, 7) is 3.74. The lowest BCUT2D eigenvalue weighted by Gasteiger charge is -2.29. The van der Waals surface area contributed by atoms with E-state index in [0.717, 1.165) is 37.1 Å². The lowest BCUT2D eigenvalue weighted by atomic mass is 10.1. The molecular formula is C13H16BrNO. The minimum atomic E-state index is 0.170. The highest BCUT2D eigenvalue weighted by atomic mass is 79.9. The van der Waals surface area contributed by atoms with Crippen LogP contribution < -0.4 is 0 Å².